The predicted octanol–water partition coefficient (Wildman–Crippen LogP) is 2.10. The quantitative estimate of drug-likeness (QED) is 0.175. The van der Waals surface area contributed by atoms with E-state index in [1.807, 2.05) is 48.5 Å². The Balaban J connectivity index is 1.43. The molecule has 0 aromatic heterocycles. The number of rotatable bonds is 14. The zero-order valence-corrected chi connectivity index (χ0v) is 17.8. The molecule has 0 saturated heterocycles. The first-order valence-corrected chi connectivity index (χ1v) is 10.4. The number of unbranched alkanes of at least 4 members (excludes halogenated alkanes) is 2. The standard InChI is InChI=1S/C22H33N7O2/c23-21(24)28-17-5-9-19(10-6-17)30-15-3-1-13-27-14-2-4-16-31-20-11-7-18(8-12-20)29-22(25)26/h5-12,27H,1-4,13-16H2,(H4,23,24,28)(H4,25,26,29). The molecule has 0 bridgehead atoms. The van der Waals surface area contributed by atoms with Crippen LogP contribution in [0.5, 0.6) is 11.5 Å². The Morgan fingerprint density at radius 2 is 1.00 bits per heavy atom. The molecule has 0 atom stereocenters. The van der Waals surface area contributed by atoms with Crippen LogP contribution in [0, 0.1) is 0 Å². The van der Waals surface area contributed by atoms with Crippen molar-refractivity contribution in [3.63, 3.8) is 0 Å². The van der Waals surface area contributed by atoms with Crippen molar-refractivity contribution in [1.29, 1.82) is 0 Å². The molecule has 0 fully saturated rings. The summed E-state index contributed by atoms with van der Waals surface area (Å²) in [4.78, 5) is 7.95. The summed E-state index contributed by atoms with van der Waals surface area (Å²) < 4.78 is 11.4. The minimum Gasteiger partial charge on any atom is -0.494 e. The zero-order chi connectivity index (χ0) is 22.3. The lowest BCUT2D eigenvalue weighted by molar-refractivity contribution is 0.301. The molecule has 2 rings (SSSR count). The number of hydrogen-bond acceptors (Lipinski definition) is 5. The van der Waals surface area contributed by atoms with Gasteiger partial charge in [-0.3, -0.25) is 0 Å². The van der Waals surface area contributed by atoms with E-state index in [1.54, 1.807) is 0 Å². The smallest absolute Gasteiger partial charge is 0.191 e. The summed E-state index contributed by atoms with van der Waals surface area (Å²) in [7, 11) is 0. The fraction of sp³-hybridized carbons (Fsp3) is 0.364. The Morgan fingerprint density at radius 1 is 0.613 bits per heavy atom. The van der Waals surface area contributed by atoms with Crippen LogP contribution in [-0.2, 0) is 0 Å². The van der Waals surface area contributed by atoms with Crippen LogP contribution in [0.3, 0.4) is 0 Å². The number of nitrogens with zero attached hydrogens (tertiary/aromatic N) is 2. The van der Waals surface area contributed by atoms with Gasteiger partial charge >= 0.3 is 0 Å². The molecule has 2 aromatic rings. The number of hydrogen-bond donors (Lipinski definition) is 5. The van der Waals surface area contributed by atoms with Gasteiger partial charge in [0.25, 0.3) is 0 Å². The molecule has 168 valence electrons. The third-order valence-electron chi connectivity index (χ3n) is 4.22. The van der Waals surface area contributed by atoms with E-state index >= 15 is 0 Å². The highest BCUT2D eigenvalue weighted by atomic mass is 16.5. The van der Waals surface area contributed by atoms with Gasteiger partial charge in [-0.15, -0.1) is 0 Å². The highest BCUT2D eigenvalue weighted by molar-refractivity contribution is 5.79. The second kappa shape index (κ2) is 13.7. The van der Waals surface area contributed by atoms with Crippen LogP contribution in [0.15, 0.2) is 58.5 Å². The van der Waals surface area contributed by atoms with E-state index in [2.05, 4.69) is 15.3 Å². The monoisotopic (exact) mass is 427 g/mol. The summed E-state index contributed by atoms with van der Waals surface area (Å²) >= 11 is 0. The summed E-state index contributed by atoms with van der Waals surface area (Å²) in [5, 5.41) is 3.45. The minimum absolute atomic E-state index is 0.0454. The second-order valence-electron chi connectivity index (χ2n) is 6.92. The van der Waals surface area contributed by atoms with E-state index in [-0.39, 0.29) is 11.9 Å². The predicted molar refractivity (Wildman–Crippen MR) is 126 cm³/mol. The largest absolute Gasteiger partial charge is 0.494 e. The average Bonchev–Trinajstić information content (AvgIpc) is 2.73. The molecular weight excluding hydrogens is 394 g/mol. The van der Waals surface area contributed by atoms with Gasteiger partial charge in [0.1, 0.15) is 11.5 Å². The number of benzene rings is 2. The second-order valence-corrected chi connectivity index (χ2v) is 6.92. The SMILES string of the molecule is NC(N)=Nc1ccc(OCCCCNCCCCOc2ccc(N=C(N)N)cc2)cc1. The topological polar surface area (TPSA) is 159 Å². The summed E-state index contributed by atoms with van der Waals surface area (Å²) in [6.07, 6.45) is 4.10. The lowest BCUT2D eigenvalue weighted by atomic mass is 10.3. The van der Waals surface area contributed by atoms with Crippen LogP contribution in [0.25, 0.3) is 0 Å². The first-order chi connectivity index (χ1) is 15.0. The number of nitrogens with one attached hydrogen (secondary N) is 1. The molecule has 0 heterocycles. The number of ether oxygens (including phenoxy) is 2. The molecule has 31 heavy (non-hydrogen) atoms. The maximum atomic E-state index is 5.72. The lowest BCUT2D eigenvalue weighted by Crippen LogP contribution is -2.21. The van der Waals surface area contributed by atoms with Gasteiger partial charge in [0.05, 0.1) is 24.6 Å². The lowest BCUT2D eigenvalue weighted by Gasteiger charge is -2.08. The number of nitrogens with two attached hydrogens (primary N) is 4. The highest BCUT2D eigenvalue weighted by Crippen LogP contribution is 2.19. The summed E-state index contributed by atoms with van der Waals surface area (Å²) in [6.45, 7) is 3.30. The molecule has 0 amide bonds. The summed E-state index contributed by atoms with van der Waals surface area (Å²) in [6, 6.07) is 14.7. The van der Waals surface area contributed by atoms with Crippen LogP contribution in [0.4, 0.5) is 11.4 Å². The van der Waals surface area contributed by atoms with Crippen molar-refractivity contribution in [2.45, 2.75) is 25.7 Å². The van der Waals surface area contributed by atoms with Crippen molar-refractivity contribution >= 4 is 23.3 Å². The molecule has 9 heteroatoms. The molecule has 0 aliphatic rings. The molecule has 0 unspecified atom stereocenters. The van der Waals surface area contributed by atoms with Gasteiger partial charge in [-0.05, 0) is 87.3 Å². The zero-order valence-electron chi connectivity index (χ0n) is 17.8. The Bertz CT molecular complexity index is 743. The third-order valence-corrected chi connectivity index (χ3v) is 4.22. The number of guanidine groups is 2. The van der Waals surface area contributed by atoms with Crippen molar-refractivity contribution in [3.05, 3.63) is 48.5 Å². The van der Waals surface area contributed by atoms with E-state index in [0.717, 1.165) is 50.3 Å². The molecule has 2 aromatic carbocycles. The van der Waals surface area contributed by atoms with Crippen molar-refractivity contribution < 1.29 is 9.47 Å². The van der Waals surface area contributed by atoms with Crippen molar-refractivity contribution in [2.24, 2.45) is 32.9 Å². The molecule has 0 spiro atoms. The van der Waals surface area contributed by atoms with Gasteiger partial charge < -0.3 is 37.7 Å². The maximum Gasteiger partial charge on any atom is 0.191 e. The van der Waals surface area contributed by atoms with Gasteiger partial charge in [0.15, 0.2) is 11.9 Å². The van der Waals surface area contributed by atoms with Crippen LogP contribution in [0.1, 0.15) is 25.7 Å². The van der Waals surface area contributed by atoms with E-state index in [9.17, 15) is 0 Å². The molecule has 0 saturated carbocycles. The normalized spacial score (nSPS) is 10.3. The Kier molecular flexibility index (Phi) is 10.5. The summed E-state index contributed by atoms with van der Waals surface area (Å²) in [5.74, 6) is 1.72. The first-order valence-electron chi connectivity index (χ1n) is 10.4. The maximum absolute atomic E-state index is 5.72. The molecule has 0 aliphatic carbocycles. The van der Waals surface area contributed by atoms with Gasteiger partial charge in [-0.1, -0.05) is 0 Å². The van der Waals surface area contributed by atoms with Crippen LogP contribution < -0.4 is 37.7 Å². The van der Waals surface area contributed by atoms with E-state index in [4.69, 9.17) is 32.4 Å². The number of aliphatic imine (C=N–C) groups is 2. The van der Waals surface area contributed by atoms with Crippen molar-refractivity contribution in [1.82, 2.24) is 5.32 Å². The average molecular weight is 428 g/mol. The molecule has 0 aliphatic heterocycles. The van der Waals surface area contributed by atoms with E-state index in [1.165, 1.54) is 0 Å². The van der Waals surface area contributed by atoms with Crippen molar-refractivity contribution in [3.8, 4) is 11.5 Å². The van der Waals surface area contributed by atoms with E-state index < -0.39 is 0 Å². The van der Waals surface area contributed by atoms with Gasteiger partial charge in [0.2, 0.25) is 0 Å². The molecule has 0 radical (unpaired) electrons. The van der Waals surface area contributed by atoms with Crippen LogP contribution in [0.2, 0.25) is 0 Å². The molecule has 9 nitrogen and oxygen atoms in total. The van der Waals surface area contributed by atoms with Gasteiger partial charge in [-0.25, -0.2) is 9.98 Å². The van der Waals surface area contributed by atoms with Gasteiger partial charge in [0, 0.05) is 0 Å². The Hall–Kier alpha value is -3.46. The minimum atomic E-state index is 0.0454. The van der Waals surface area contributed by atoms with Crippen molar-refractivity contribution in [2.75, 3.05) is 26.3 Å². The van der Waals surface area contributed by atoms with Crippen LogP contribution >= 0.6 is 0 Å². The Labute approximate surface area is 183 Å². The first kappa shape index (κ1) is 23.8. The third kappa shape index (κ3) is 10.8. The molecular formula is C22H33N7O2. The Morgan fingerprint density at radius 3 is 1.35 bits per heavy atom. The molecule has 9 N–H and O–H groups in total. The van der Waals surface area contributed by atoms with Gasteiger partial charge in [-0.2, -0.15) is 0 Å². The van der Waals surface area contributed by atoms with E-state index in [0.29, 0.717) is 24.6 Å². The fourth-order valence-electron chi connectivity index (χ4n) is 2.74. The van der Waals surface area contributed by atoms with Crippen LogP contribution in [-0.4, -0.2) is 38.2 Å². The highest BCUT2D eigenvalue weighted by Gasteiger charge is 1.97. The summed E-state index contributed by atoms with van der Waals surface area (Å²) in [5.41, 5.74) is 22.8. The fourth-order valence-corrected chi connectivity index (χ4v) is 2.74.